The third-order valence-corrected chi connectivity index (χ3v) is 5.91. The first-order chi connectivity index (χ1) is 13.4. The van der Waals surface area contributed by atoms with E-state index in [-0.39, 0.29) is 0 Å². The highest BCUT2D eigenvalue weighted by Gasteiger charge is 2.20. The molecule has 0 amide bonds. The van der Waals surface area contributed by atoms with Gasteiger partial charge in [-0.3, -0.25) is 0 Å². The van der Waals surface area contributed by atoms with Crippen LogP contribution in [0.5, 0.6) is 0 Å². The van der Waals surface area contributed by atoms with Gasteiger partial charge in [-0.25, -0.2) is 0 Å². The number of nitrogens with one attached hydrogen (secondary N) is 1. The van der Waals surface area contributed by atoms with Crippen LogP contribution in [0.4, 0.5) is 5.69 Å². The monoisotopic (exact) mass is 367 g/mol. The summed E-state index contributed by atoms with van der Waals surface area (Å²) in [5.41, 5.74) is 10.8. The number of benzene rings is 3. The number of hydrogen-bond acceptors (Lipinski definition) is 1. The molecule has 3 aromatic carbocycles. The van der Waals surface area contributed by atoms with E-state index in [9.17, 15) is 0 Å². The molecule has 0 spiro atoms. The van der Waals surface area contributed by atoms with Crippen LogP contribution in [-0.4, -0.2) is 0 Å². The van der Waals surface area contributed by atoms with Gasteiger partial charge in [-0.1, -0.05) is 77.4 Å². The van der Waals surface area contributed by atoms with Crippen molar-refractivity contribution >= 4 is 16.5 Å². The lowest BCUT2D eigenvalue weighted by molar-refractivity contribution is 0.973. The Morgan fingerprint density at radius 2 is 1.57 bits per heavy atom. The van der Waals surface area contributed by atoms with Crippen LogP contribution in [0.2, 0.25) is 0 Å². The molecule has 0 heterocycles. The number of aryl methyl sites for hydroxylation is 3. The molecule has 1 atom stereocenters. The molecular weight excluding hydrogens is 338 g/mol. The van der Waals surface area contributed by atoms with Crippen LogP contribution < -0.4 is 5.32 Å². The number of allylic oxidation sites excluding steroid dienone is 4. The number of fused-ring (bicyclic) bond motifs is 1. The quantitative estimate of drug-likeness (QED) is 0.507. The molecule has 1 unspecified atom stereocenters. The van der Waals surface area contributed by atoms with Crippen LogP contribution in [0.1, 0.15) is 47.6 Å². The van der Waals surface area contributed by atoms with E-state index in [1.54, 1.807) is 0 Å². The largest absolute Gasteiger partial charge is 0.381 e. The van der Waals surface area contributed by atoms with Gasteiger partial charge in [0.1, 0.15) is 0 Å². The Morgan fingerprint density at radius 3 is 2.25 bits per heavy atom. The summed E-state index contributed by atoms with van der Waals surface area (Å²) >= 11 is 0. The summed E-state index contributed by atoms with van der Waals surface area (Å²) in [4.78, 5) is 0. The average molecular weight is 368 g/mol. The maximum atomic E-state index is 3.77. The van der Waals surface area contributed by atoms with Crippen LogP contribution in [-0.2, 0) is 6.54 Å². The van der Waals surface area contributed by atoms with Crippen molar-refractivity contribution in [1.82, 2.24) is 0 Å². The molecule has 0 bridgehead atoms. The van der Waals surface area contributed by atoms with E-state index >= 15 is 0 Å². The molecule has 0 radical (unpaired) electrons. The summed E-state index contributed by atoms with van der Waals surface area (Å²) in [5, 5.41) is 6.42. The molecular formula is C27H29N. The molecule has 1 heteroatoms. The van der Waals surface area contributed by atoms with Crippen molar-refractivity contribution in [3.63, 3.8) is 0 Å². The molecule has 1 aliphatic carbocycles. The highest BCUT2D eigenvalue weighted by molar-refractivity contribution is 5.87. The van der Waals surface area contributed by atoms with Crippen molar-refractivity contribution in [1.29, 1.82) is 0 Å². The van der Waals surface area contributed by atoms with Crippen LogP contribution in [0.25, 0.3) is 10.8 Å². The normalized spacial score (nSPS) is 16.2. The lowest BCUT2D eigenvalue weighted by Gasteiger charge is -2.21. The predicted molar refractivity (Wildman–Crippen MR) is 122 cm³/mol. The van der Waals surface area contributed by atoms with Crippen LogP contribution >= 0.6 is 0 Å². The van der Waals surface area contributed by atoms with Gasteiger partial charge in [0.25, 0.3) is 0 Å². The van der Waals surface area contributed by atoms with Crippen molar-refractivity contribution in [3.8, 4) is 0 Å². The van der Waals surface area contributed by atoms with Crippen LogP contribution in [0.15, 0.2) is 71.8 Å². The van der Waals surface area contributed by atoms with E-state index in [0.29, 0.717) is 5.92 Å². The van der Waals surface area contributed by atoms with E-state index in [0.717, 1.165) is 6.54 Å². The molecule has 1 N–H and O–H groups in total. The molecule has 28 heavy (non-hydrogen) atoms. The lowest BCUT2D eigenvalue weighted by Crippen LogP contribution is -2.08. The Labute approximate surface area is 168 Å². The highest BCUT2D eigenvalue weighted by atomic mass is 14.9. The molecule has 0 saturated heterocycles. The van der Waals surface area contributed by atoms with Crippen molar-refractivity contribution in [3.05, 3.63) is 99.6 Å². The van der Waals surface area contributed by atoms with E-state index < -0.39 is 0 Å². The van der Waals surface area contributed by atoms with Gasteiger partial charge in [0.2, 0.25) is 0 Å². The van der Waals surface area contributed by atoms with Crippen molar-refractivity contribution in [2.75, 3.05) is 5.32 Å². The minimum absolute atomic E-state index is 0.376. The SMILES string of the molecule is CC1=CC(c2ccc3ccccc3c2CNc2c(C)cc(C)cc2C)C(C)=C1. The molecule has 4 rings (SSSR count). The Hall–Kier alpha value is -2.80. The zero-order valence-electron chi connectivity index (χ0n) is 17.6. The molecule has 0 aliphatic heterocycles. The minimum Gasteiger partial charge on any atom is -0.381 e. The van der Waals surface area contributed by atoms with Crippen LogP contribution in [0.3, 0.4) is 0 Å². The van der Waals surface area contributed by atoms with Gasteiger partial charge in [0.15, 0.2) is 0 Å². The highest BCUT2D eigenvalue weighted by Crippen LogP contribution is 2.37. The van der Waals surface area contributed by atoms with E-state index in [2.05, 4.69) is 101 Å². The van der Waals surface area contributed by atoms with Gasteiger partial charge in [0.05, 0.1) is 0 Å². The molecule has 1 aliphatic rings. The van der Waals surface area contributed by atoms with Gasteiger partial charge < -0.3 is 5.32 Å². The summed E-state index contributed by atoms with van der Waals surface area (Å²) in [6.07, 6.45) is 4.71. The van der Waals surface area contributed by atoms with Gasteiger partial charge in [-0.2, -0.15) is 0 Å². The van der Waals surface area contributed by atoms with Gasteiger partial charge in [-0.05, 0) is 67.6 Å². The summed E-state index contributed by atoms with van der Waals surface area (Å²) < 4.78 is 0. The van der Waals surface area contributed by atoms with Crippen LogP contribution in [0, 0.1) is 20.8 Å². The summed E-state index contributed by atoms with van der Waals surface area (Å²) in [5.74, 6) is 0.376. The van der Waals surface area contributed by atoms with Gasteiger partial charge in [0, 0.05) is 18.2 Å². The maximum Gasteiger partial charge on any atom is 0.0410 e. The second kappa shape index (κ2) is 7.31. The van der Waals surface area contributed by atoms with E-state index in [1.165, 1.54) is 55.4 Å². The lowest BCUT2D eigenvalue weighted by atomic mass is 9.87. The molecule has 3 aromatic rings. The Morgan fingerprint density at radius 1 is 0.857 bits per heavy atom. The standard InChI is InChI=1S/C27H29N/c1-17-13-20(4)27(21(5)14-17)28-16-26-23-9-7-6-8-22(23)10-11-24(26)25-15-18(2)12-19(25)3/h6-15,25,28H,16H2,1-5H3. The zero-order chi connectivity index (χ0) is 19.8. The van der Waals surface area contributed by atoms with E-state index in [1.807, 2.05) is 0 Å². The number of anilines is 1. The molecule has 1 nitrogen and oxygen atoms in total. The predicted octanol–water partition coefficient (Wildman–Crippen LogP) is 7.37. The Bertz CT molecular complexity index is 1090. The summed E-state index contributed by atoms with van der Waals surface area (Å²) in [6, 6.07) is 17.9. The fourth-order valence-electron chi connectivity index (χ4n) is 4.70. The molecule has 0 aromatic heterocycles. The first kappa shape index (κ1) is 18.6. The zero-order valence-corrected chi connectivity index (χ0v) is 17.6. The van der Waals surface area contributed by atoms with Crippen molar-refractivity contribution < 1.29 is 0 Å². The molecule has 142 valence electrons. The van der Waals surface area contributed by atoms with Gasteiger partial charge >= 0.3 is 0 Å². The summed E-state index contributed by atoms with van der Waals surface area (Å²) in [6.45, 7) is 11.8. The second-order valence-corrected chi connectivity index (χ2v) is 8.26. The van der Waals surface area contributed by atoms with Crippen molar-refractivity contribution in [2.45, 2.75) is 47.1 Å². The fourth-order valence-corrected chi connectivity index (χ4v) is 4.70. The number of hydrogen-bond donors (Lipinski definition) is 1. The smallest absolute Gasteiger partial charge is 0.0410 e. The third-order valence-electron chi connectivity index (χ3n) is 5.91. The number of rotatable bonds is 4. The maximum absolute atomic E-state index is 3.77. The third kappa shape index (κ3) is 3.38. The average Bonchev–Trinajstić information content (AvgIpc) is 2.98. The van der Waals surface area contributed by atoms with Crippen molar-refractivity contribution in [2.24, 2.45) is 0 Å². The summed E-state index contributed by atoms with van der Waals surface area (Å²) in [7, 11) is 0. The second-order valence-electron chi connectivity index (χ2n) is 8.26. The van der Waals surface area contributed by atoms with Gasteiger partial charge in [-0.15, -0.1) is 0 Å². The Balaban J connectivity index is 1.79. The first-order valence-electron chi connectivity index (χ1n) is 10.1. The Kier molecular flexibility index (Phi) is 4.85. The minimum atomic E-state index is 0.376. The first-order valence-corrected chi connectivity index (χ1v) is 10.1. The van der Waals surface area contributed by atoms with E-state index in [4.69, 9.17) is 0 Å². The molecule has 0 fully saturated rings. The fraction of sp³-hybridized carbons (Fsp3) is 0.259. The topological polar surface area (TPSA) is 12.0 Å². The molecule has 0 saturated carbocycles.